The van der Waals surface area contributed by atoms with Gasteiger partial charge in [0.1, 0.15) is 46.1 Å². The molecule has 18 heteroatoms. The number of ketones is 1. The quantitative estimate of drug-likeness (QED) is 0.102. The van der Waals surface area contributed by atoms with Crippen molar-refractivity contribution >= 4 is 64.0 Å². The Hall–Kier alpha value is -4.21. The minimum atomic E-state index is -4.49. The van der Waals surface area contributed by atoms with Crippen molar-refractivity contribution in [3.8, 4) is 22.9 Å². The molecule has 8 rings (SSSR count). The molecule has 0 bridgehead atoms. The first kappa shape index (κ1) is 47.3. The maximum atomic E-state index is 15.0. The van der Waals surface area contributed by atoms with Crippen LogP contribution in [0.3, 0.4) is 0 Å². The number of rotatable bonds is 12. The predicted octanol–water partition coefficient (Wildman–Crippen LogP) is 9.74. The van der Waals surface area contributed by atoms with Crippen molar-refractivity contribution in [3.05, 3.63) is 64.0 Å². The maximum Gasteiger partial charge on any atom is 0.306 e. The lowest BCUT2D eigenvalue weighted by atomic mass is 9.95. The highest BCUT2D eigenvalue weighted by molar-refractivity contribution is 7.59. The fourth-order valence-electron chi connectivity index (χ4n) is 9.80. The number of Topliss-reactive ketones (excluding diaryl/α,β-unsaturated/α-hetero) is 1. The molecule has 4 fully saturated rings. The van der Waals surface area contributed by atoms with Crippen molar-refractivity contribution in [1.82, 2.24) is 14.9 Å². The Morgan fingerprint density at radius 2 is 1.78 bits per heavy atom. The normalized spacial score (nSPS) is 25.4. The first-order valence-corrected chi connectivity index (χ1v) is 25.7. The van der Waals surface area contributed by atoms with Gasteiger partial charge in [-0.3, -0.25) is 18.9 Å². The zero-order valence-electron chi connectivity index (χ0n) is 36.9. The maximum absolute atomic E-state index is 15.0. The minimum Gasteiger partial charge on any atom is -0.495 e. The van der Waals surface area contributed by atoms with Gasteiger partial charge in [-0.05, 0) is 95.4 Å². The third kappa shape index (κ3) is 10.4. The van der Waals surface area contributed by atoms with Gasteiger partial charge >= 0.3 is 5.97 Å². The largest absolute Gasteiger partial charge is 0.495 e. The summed E-state index contributed by atoms with van der Waals surface area (Å²) in [5.41, 5.74) is 0.913. The van der Waals surface area contributed by atoms with Crippen LogP contribution < -0.4 is 14.8 Å². The van der Waals surface area contributed by atoms with Gasteiger partial charge in [-0.1, -0.05) is 24.1 Å². The molecule has 6 atom stereocenters. The predicted molar refractivity (Wildman–Crippen MR) is 244 cm³/mol. The lowest BCUT2D eigenvalue weighted by Gasteiger charge is -2.30. The minimum absolute atomic E-state index is 0.0214. The SMILES string of the molecule is COc1ccc2c(O[C@@H]3C[C@H]4C(=O)C[C@]5(P(=O)(O)Cc6c(F)cccc6F)C[C@@H]5CCOCCCC[C@H](CC(=O)OC5CCCC5)C(=O)N4C3)cc(-c3csc(NC(C)C)n3)nc2c1Cl. The Morgan fingerprint density at radius 1 is 1.03 bits per heavy atom. The Morgan fingerprint density at radius 3 is 2.52 bits per heavy atom. The topological polar surface area (TPSA) is 166 Å². The van der Waals surface area contributed by atoms with Crippen molar-refractivity contribution in [2.45, 2.75) is 127 Å². The van der Waals surface area contributed by atoms with Gasteiger partial charge in [-0.25, -0.2) is 18.7 Å². The average Bonchev–Trinajstić information content (AvgIpc) is 3.68. The molecule has 2 aromatic heterocycles. The summed E-state index contributed by atoms with van der Waals surface area (Å²) in [4.78, 5) is 66.3. The number of nitrogens with zero attached hydrogens (tertiary/aromatic N) is 3. The van der Waals surface area contributed by atoms with E-state index < -0.39 is 83.9 Å². The van der Waals surface area contributed by atoms with Crippen LogP contribution in [0.1, 0.15) is 96.5 Å². The van der Waals surface area contributed by atoms with Crippen LogP contribution in [0.5, 0.6) is 11.5 Å². The van der Waals surface area contributed by atoms with E-state index in [9.17, 15) is 32.6 Å². The zero-order chi connectivity index (χ0) is 46.0. The lowest BCUT2D eigenvalue weighted by Crippen LogP contribution is -2.45. The molecule has 2 aliphatic carbocycles. The Bertz CT molecular complexity index is 2450. The van der Waals surface area contributed by atoms with Gasteiger partial charge in [0.15, 0.2) is 10.9 Å². The van der Waals surface area contributed by atoms with Crippen molar-refractivity contribution < 1.29 is 51.6 Å². The number of thiazole rings is 1. The number of ether oxygens (including phenoxy) is 4. The first-order chi connectivity index (χ1) is 31.2. The van der Waals surface area contributed by atoms with Gasteiger partial charge in [-0.15, -0.1) is 11.3 Å². The number of benzene rings is 2. The number of aromatic nitrogens is 2. The van der Waals surface area contributed by atoms with E-state index in [4.69, 9.17) is 40.5 Å². The van der Waals surface area contributed by atoms with Gasteiger partial charge in [0.05, 0.1) is 48.6 Å². The summed E-state index contributed by atoms with van der Waals surface area (Å²) >= 11 is 8.29. The van der Waals surface area contributed by atoms with E-state index in [0.717, 1.165) is 37.8 Å². The summed E-state index contributed by atoms with van der Waals surface area (Å²) in [7, 11) is -2.99. The third-order valence-electron chi connectivity index (χ3n) is 13.3. The molecular weight excluding hydrogens is 901 g/mol. The lowest BCUT2D eigenvalue weighted by molar-refractivity contribution is -0.154. The van der Waals surface area contributed by atoms with E-state index in [2.05, 4.69) is 5.32 Å². The van der Waals surface area contributed by atoms with Crippen molar-refractivity contribution in [3.63, 3.8) is 0 Å². The van der Waals surface area contributed by atoms with Gasteiger partial charge in [0, 0.05) is 60.4 Å². The number of fused-ring (bicyclic) bond motifs is 3. The molecule has 2 saturated carbocycles. The number of amides is 1. The van der Waals surface area contributed by atoms with Crippen LogP contribution in [0.25, 0.3) is 22.3 Å². The van der Waals surface area contributed by atoms with Crippen LogP contribution in [0, 0.1) is 23.5 Å². The number of carbonyl (C=O) groups is 3. The highest BCUT2D eigenvalue weighted by Crippen LogP contribution is 2.74. The second kappa shape index (κ2) is 19.9. The highest BCUT2D eigenvalue weighted by Gasteiger charge is 2.66. The summed E-state index contributed by atoms with van der Waals surface area (Å²) in [6.07, 6.45) is 3.19. The van der Waals surface area contributed by atoms with Crippen LogP contribution >= 0.6 is 30.3 Å². The fraction of sp³-hybridized carbons (Fsp3) is 0.553. The average molecular weight is 957 g/mol. The second-order valence-corrected chi connectivity index (χ2v) is 22.1. The Labute approximate surface area is 386 Å². The molecule has 0 radical (unpaired) electrons. The van der Waals surface area contributed by atoms with Crippen LogP contribution in [0.15, 0.2) is 41.8 Å². The van der Waals surface area contributed by atoms with Gasteiger partial charge in [0.25, 0.3) is 0 Å². The summed E-state index contributed by atoms with van der Waals surface area (Å²) in [5.74, 6) is -3.76. The zero-order valence-corrected chi connectivity index (χ0v) is 39.3. The molecule has 2 aliphatic heterocycles. The number of hydrogen-bond acceptors (Lipinski definition) is 12. The molecule has 2 aromatic carbocycles. The number of esters is 1. The molecular formula is C47H56ClF2N4O9PS. The molecule has 65 heavy (non-hydrogen) atoms. The van der Waals surface area contributed by atoms with Crippen molar-refractivity contribution in [1.29, 1.82) is 0 Å². The monoisotopic (exact) mass is 956 g/mol. The number of methoxy groups -OCH3 is 1. The summed E-state index contributed by atoms with van der Waals surface area (Å²) in [6, 6.07) is 7.51. The Kier molecular flexibility index (Phi) is 14.5. The summed E-state index contributed by atoms with van der Waals surface area (Å²) in [5, 5.41) is 5.18. The van der Waals surface area contributed by atoms with E-state index in [1.807, 2.05) is 19.2 Å². The first-order valence-electron chi connectivity index (χ1n) is 22.6. The summed E-state index contributed by atoms with van der Waals surface area (Å²) in [6.45, 7) is 4.60. The second-order valence-electron chi connectivity index (χ2n) is 18.2. The third-order valence-corrected chi connectivity index (χ3v) is 17.3. The van der Waals surface area contributed by atoms with Crippen LogP contribution in [0.2, 0.25) is 5.02 Å². The number of anilines is 1. The van der Waals surface area contributed by atoms with Crippen LogP contribution in [-0.4, -0.2) is 93.7 Å². The van der Waals surface area contributed by atoms with Crippen LogP contribution in [-0.2, 0) is 34.6 Å². The molecule has 350 valence electrons. The molecule has 0 spiro atoms. The molecule has 2 saturated heterocycles. The molecule has 4 heterocycles. The fourth-order valence-corrected chi connectivity index (χ4v) is 13.6. The van der Waals surface area contributed by atoms with Gasteiger partial charge < -0.3 is 34.1 Å². The van der Waals surface area contributed by atoms with E-state index in [1.54, 1.807) is 18.2 Å². The van der Waals surface area contributed by atoms with E-state index >= 15 is 0 Å². The highest BCUT2D eigenvalue weighted by atomic mass is 35.5. The summed E-state index contributed by atoms with van der Waals surface area (Å²) < 4.78 is 68.6. The molecule has 1 unspecified atom stereocenters. The number of carbonyl (C=O) groups excluding carboxylic acids is 3. The van der Waals surface area contributed by atoms with E-state index in [1.165, 1.54) is 29.4 Å². The molecule has 4 aliphatic rings. The van der Waals surface area contributed by atoms with E-state index in [0.29, 0.717) is 71.2 Å². The standard InChI is InChI=1S/C47H56ClF2N4O9PS/c1-27(2)51-46-53-37(26-65-46)36-21-41(32-14-15-40(60-3)43(48)44(32)52-36)62-31-20-38-39(55)23-47(64(58,59)25-33-34(49)12-8-13-35(33)50)22-29(47)16-18-61-17-7-6-9-28(45(57)54(38)24-31)19-42(56)63-30-10-4-5-11-30/h8,12-15,21,26-31,38H,4-7,9-11,16-20,22-25H2,1-3H3,(H,51,53)(H,58,59)/t28-,29+,31-,38+,47-/m1/s1. The smallest absolute Gasteiger partial charge is 0.306 e. The molecule has 1 amide bonds. The van der Waals surface area contributed by atoms with Crippen molar-refractivity contribution in [2.75, 3.05) is 32.2 Å². The van der Waals surface area contributed by atoms with E-state index in [-0.39, 0.29) is 49.6 Å². The molecule has 2 N–H and O–H groups in total. The Balaban J connectivity index is 1.14. The number of halogens is 3. The molecule has 4 aromatic rings. The number of pyridine rings is 1. The van der Waals surface area contributed by atoms with Crippen molar-refractivity contribution in [2.24, 2.45) is 11.8 Å². The molecule has 13 nitrogen and oxygen atoms in total. The number of nitrogens with one attached hydrogen (secondary N) is 1. The van der Waals surface area contributed by atoms with Crippen LogP contribution in [0.4, 0.5) is 13.9 Å². The number of hydrogen-bond donors (Lipinski definition) is 2. The van der Waals surface area contributed by atoms with Gasteiger partial charge in [0.2, 0.25) is 13.3 Å². The van der Waals surface area contributed by atoms with Gasteiger partial charge in [-0.2, -0.15) is 0 Å².